The summed E-state index contributed by atoms with van der Waals surface area (Å²) in [4.78, 5) is 0. The van der Waals surface area contributed by atoms with E-state index in [1.165, 1.54) is 16.7 Å². The van der Waals surface area contributed by atoms with Crippen LogP contribution >= 0.6 is 0 Å². The molecule has 2 unspecified atom stereocenters. The molecule has 0 spiro atoms. The lowest BCUT2D eigenvalue weighted by molar-refractivity contribution is 0.0419. The van der Waals surface area contributed by atoms with Crippen molar-refractivity contribution < 1.29 is 4.74 Å². The average Bonchev–Trinajstić information content (AvgIpc) is 2.42. The molecule has 2 atom stereocenters. The van der Waals surface area contributed by atoms with E-state index in [0.717, 1.165) is 38.7 Å². The van der Waals surface area contributed by atoms with Crippen LogP contribution in [0.25, 0.3) is 0 Å². The molecule has 0 fully saturated rings. The van der Waals surface area contributed by atoms with Crippen LogP contribution < -0.4 is 5.73 Å². The lowest BCUT2D eigenvalue weighted by Gasteiger charge is -2.28. The number of fused-ring (bicyclic) bond motifs is 1. The van der Waals surface area contributed by atoms with Crippen molar-refractivity contribution in [3.05, 3.63) is 47.0 Å². The monoisotopic (exact) mass is 243 g/mol. The Morgan fingerprint density at radius 3 is 2.94 bits per heavy atom. The van der Waals surface area contributed by atoms with Crippen LogP contribution in [0.4, 0.5) is 0 Å². The predicted molar refractivity (Wildman–Crippen MR) is 73.4 cm³/mol. The van der Waals surface area contributed by atoms with Crippen LogP contribution in [0.1, 0.15) is 42.9 Å². The molecule has 0 saturated carbocycles. The van der Waals surface area contributed by atoms with Gasteiger partial charge in [-0.15, -0.1) is 0 Å². The maximum absolute atomic E-state index is 5.96. The van der Waals surface area contributed by atoms with Gasteiger partial charge in [0.1, 0.15) is 0 Å². The Kier molecular flexibility index (Phi) is 3.48. The van der Waals surface area contributed by atoms with E-state index >= 15 is 0 Å². The molecule has 2 nitrogen and oxygen atoms in total. The molecule has 0 aromatic heterocycles. The van der Waals surface area contributed by atoms with Crippen molar-refractivity contribution in [2.24, 2.45) is 5.73 Å². The van der Waals surface area contributed by atoms with Crippen LogP contribution in [0.2, 0.25) is 0 Å². The predicted octanol–water partition coefficient (Wildman–Crippen LogP) is 3.13. The van der Waals surface area contributed by atoms with Gasteiger partial charge in [0.2, 0.25) is 0 Å². The summed E-state index contributed by atoms with van der Waals surface area (Å²) in [5.41, 5.74) is 10.3. The fourth-order valence-electron chi connectivity index (χ4n) is 2.98. The highest BCUT2D eigenvalue weighted by Gasteiger charge is 2.22. The molecule has 1 aliphatic heterocycles. The molecule has 18 heavy (non-hydrogen) atoms. The number of hydrogen-bond donors (Lipinski definition) is 1. The average molecular weight is 243 g/mol. The third kappa shape index (κ3) is 2.50. The Morgan fingerprint density at radius 1 is 1.22 bits per heavy atom. The third-order valence-corrected chi connectivity index (χ3v) is 4.09. The molecule has 96 valence electrons. The highest BCUT2D eigenvalue weighted by molar-refractivity contribution is 5.32. The standard InChI is InChI=1S/C16H21NO/c17-14-7-5-12(6-8-14)11-16-15-4-2-1-3-13(15)9-10-18-16/h1-5,14,16H,6-11,17H2. The van der Waals surface area contributed by atoms with Crippen molar-refractivity contribution in [1.29, 1.82) is 0 Å². The van der Waals surface area contributed by atoms with Crippen LogP contribution in [0, 0.1) is 0 Å². The lowest BCUT2D eigenvalue weighted by Crippen LogP contribution is -2.23. The van der Waals surface area contributed by atoms with Crippen molar-refractivity contribution in [2.45, 2.75) is 44.2 Å². The highest BCUT2D eigenvalue weighted by Crippen LogP contribution is 2.34. The fraction of sp³-hybridized carbons (Fsp3) is 0.500. The number of nitrogens with two attached hydrogens (primary N) is 1. The molecule has 3 rings (SSSR count). The smallest absolute Gasteiger partial charge is 0.0864 e. The number of rotatable bonds is 2. The Balaban J connectivity index is 1.74. The molecular formula is C16H21NO. The Bertz CT molecular complexity index is 452. The number of benzene rings is 1. The lowest BCUT2D eigenvalue weighted by atomic mass is 9.88. The fourth-order valence-corrected chi connectivity index (χ4v) is 2.98. The molecule has 2 aliphatic rings. The minimum atomic E-state index is 0.260. The van der Waals surface area contributed by atoms with Gasteiger partial charge in [-0.1, -0.05) is 35.9 Å². The first-order chi connectivity index (χ1) is 8.83. The molecule has 1 aliphatic carbocycles. The van der Waals surface area contributed by atoms with Gasteiger partial charge in [0, 0.05) is 6.04 Å². The van der Waals surface area contributed by atoms with Gasteiger partial charge in [-0.05, 0) is 43.2 Å². The Labute approximate surface area is 109 Å². The third-order valence-electron chi connectivity index (χ3n) is 4.09. The molecule has 0 bridgehead atoms. The molecule has 0 amide bonds. The van der Waals surface area contributed by atoms with Crippen LogP contribution in [0.3, 0.4) is 0 Å². The van der Waals surface area contributed by atoms with Gasteiger partial charge in [0.25, 0.3) is 0 Å². The van der Waals surface area contributed by atoms with Crippen molar-refractivity contribution in [3.8, 4) is 0 Å². The van der Waals surface area contributed by atoms with Gasteiger partial charge in [0.15, 0.2) is 0 Å². The largest absolute Gasteiger partial charge is 0.373 e. The number of hydrogen-bond acceptors (Lipinski definition) is 2. The zero-order chi connectivity index (χ0) is 12.4. The van der Waals surface area contributed by atoms with Crippen LogP contribution in [0.5, 0.6) is 0 Å². The van der Waals surface area contributed by atoms with Crippen LogP contribution in [-0.2, 0) is 11.2 Å². The van der Waals surface area contributed by atoms with Gasteiger partial charge >= 0.3 is 0 Å². The quantitative estimate of drug-likeness (QED) is 0.810. The zero-order valence-corrected chi connectivity index (χ0v) is 10.8. The molecular weight excluding hydrogens is 222 g/mol. The van der Waals surface area contributed by atoms with Gasteiger partial charge in [-0.25, -0.2) is 0 Å². The summed E-state index contributed by atoms with van der Waals surface area (Å²) >= 11 is 0. The summed E-state index contributed by atoms with van der Waals surface area (Å²) < 4.78 is 5.96. The second-order valence-corrected chi connectivity index (χ2v) is 5.41. The molecule has 2 N–H and O–H groups in total. The van der Waals surface area contributed by atoms with E-state index in [-0.39, 0.29) is 6.10 Å². The summed E-state index contributed by atoms with van der Waals surface area (Å²) in [6.45, 7) is 0.856. The molecule has 1 heterocycles. The first-order valence-corrected chi connectivity index (χ1v) is 6.96. The van der Waals surface area contributed by atoms with Crippen LogP contribution in [-0.4, -0.2) is 12.6 Å². The first kappa shape index (κ1) is 11.9. The van der Waals surface area contributed by atoms with Crippen molar-refractivity contribution in [1.82, 2.24) is 0 Å². The zero-order valence-electron chi connectivity index (χ0n) is 10.8. The van der Waals surface area contributed by atoms with Gasteiger partial charge in [-0.3, -0.25) is 0 Å². The Hall–Kier alpha value is -1.12. The second-order valence-electron chi connectivity index (χ2n) is 5.41. The highest BCUT2D eigenvalue weighted by atomic mass is 16.5. The minimum Gasteiger partial charge on any atom is -0.373 e. The summed E-state index contributed by atoms with van der Waals surface area (Å²) in [5, 5.41) is 0. The van der Waals surface area contributed by atoms with E-state index in [2.05, 4.69) is 30.3 Å². The second kappa shape index (κ2) is 5.25. The van der Waals surface area contributed by atoms with Crippen LogP contribution in [0.15, 0.2) is 35.9 Å². The first-order valence-electron chi connectivity index (χ1n) is 6.96. The van der Waals surface area contributed by atoms with E-state index in [9.17, 15) is 0 Å². The Morgan fingerprint density at radius 2 is 2.11 bits per heavy atom. The maximum atomic E-state index is 5.96. The van der Waals surface area contributed by atoms with E-state index < -0.39 is 0 Å². The molecule has 0 saturated heterocycles. The van der Waals surface area contributed by atoms with Crippen molar-refractivity contribution in [3.63, 3.8) is 0 Å². The van der Waals surface area contributed by atoms with Gasteiger partial charge in [0.05, 0.1) is 12.7 Å². The molecule has 0 radical (unpaired) electrons. The topological polar surface area (TPSA) is 35.2 Å². The normalized spacial score (nSPS) is 27.5. The maximum Gasteiger partial charge on any atom is 0.0864 e. The molecule has 1 aromatic carbocycles. The number of ether oxygens (including phenoxy) is 1. The van der Waals surface area contributed by atoms with Crippen molar-refractivity contribution in [2.75, 3.05) is 6.61 Å². The van der Waals surface area contributed by atoms with E-state index in [1.54, 1.807) is 0 Å². The van der Waals surface area contributed by atoms with Gasteiger partial charge in [-0.2, -0.15) is 0 Å². The van der Waals surface area contributed by atoms with E-state index in [4.69, 9.17) is 10.5 Å². The summed E-state index contributed by atoms with van der Waals surface area (Å²) in [5.74, 6) is 0. The van der Waals surface area contributed by atoms with E-state index in [1.807, 2.05) is 0 Å². The summed E-state index contributed by atoms with van der Waals surface area (Å²) in [7, 11) is 0. The SMILES string of the molecule is NC1CC=C(CC2OCCc3ccccc32)CC1. The molecule has 1 aromatic rings. The van der Waals surface area contributed by atoms with Crippen molar-refractivity contribution >= 4 is 0 Å². The summed E-state index contributed by atoms with van der Waals surface area (Å²) in [6, 6.07) is 9.06. The van der Waals surface area contributed by atoms with E-state index in [0.29, 0.717) is 6.04 Å². The molecule has 2 heteroatoms. The minimum absolute atomic E-state index is 0.260. The van der Waals surface area contributed by atoms with Gasteiger partial charge < -0.3 is 10.5 Å². The summed E-state index contributed by atoms with van der Waals surface area (Å²) in [6.07, 6.45) is 7.98.